The molecule has 3 atom stereocenters. The Kier molecular flexibility index (Phi) is 5.77. The summed E-state index contributed by atoms with van der Waals surface area (Å²) in [6.45, 7) is 6.51. The smallest absolute Gasteiger partial charge is 0.309 e. The lowest BCUT2D eigenvalue weighted by Gasteiger charge is -2.18. The highest BCUT2D eigenvalue weighted by Crippen LogP contribution is 2.22. The lowest BCUT2D eigenvalue weighted by Crippen LogP contribution is -2.33. The second-order valence-corrected chi connectivity index (χ2v) is 4.45. The minimum absolute atomic E-state index is 0.0765. The van der Waals surface area contributed by atoms with E-state index < -0.39 is 0 Å². The summed E-state index contributed by atoms with van der Waals surface area (Å²) in [5.74, 6) is 0.365. The number of rotatable bonds is 6. The fourth-order valence-electron chi connectivity index (χ4n) is 2.15. The van der Waals surface area contributed by atoms with Crippen molar-refractivity contribution in [3.05, 3.63) is 0 Å². The first-order chi connectivity index (χ1) is 7.69. The van der Waals surface area contributed by atoms with Gasteiger partial charge in [-0.3, -0.25) is 4.79 Å². The van der Waals surface area contributed by atoms with E-state index in [-0.39, 0.29) is 11.9 Å². The molecule has 0 spiro atoms. The summed E-state index contributed by atoms with van der Waals surface area (Å²) in [6.07, 6.45) is 2.58. The summed E-state index contributed by atoms with van der Waals surface area (Å²) in [5.41, 5.74) is 0. The average molecular weight is 229 g/mol. The van der Waals surface area contributed by atoms with Crippen LogP contribution in [0, 0.1) is 11.8 Å². The largest absolute Gasteiger partial charge is 0.469 e. The first kappa shape index (κ1) is 13.5. The van der Waals surface area contributed by atoms with E-state index in [9.17, 15) is 4.79 Å². The Morgan fingerprint density at radius 1 is 1.62 bits per heavy atom. The molecule has 1 rings (SSSR count). The SMILES string of the molecule is CCC1OCCC1CNCC(C)C(=O)OC. The Morgan fingerprint density at radius 3 is 3.00 bits per heavy atom. The number of hydrogen-bond donors (Lipinski definition) is 1. The van der Waals surface area contributed by atoms with E-state index in [0.29, 0.717) is 18.6 Å². The fraction of sp³-hybridized carbons (Fsp3) is 0.917. The standard InChI is InChI=1S/C12H23NO3/c1-4-11-10(5-6-16-11)8-13-7-9(2)12(14)15-3/h9-11,13H,4-8H2,1-3H3. The molecular formula is C12H23NO3. The maximum atomic E-state index is 11.2. The summed E-state index contributed by atoms with van der Waals surface area (Å²) in [6, 6.07) is 0. The molecule has 0 aromatic carbocycles. The van der Waals surface area contributed by atoms with Gasteiger partial charge in [-0.15, -0.1) is 0 Å². The summed E-state index contributed by atoms with van der Waals surface area (Å²) in [5, 5.41) is 3.33. The van der Waals surface area contributed by atoms with Crippen LogP contribution >= 0.6 is 0 Å². The Balaban J connectivity index is 2.17. The van der Waals surface area contributed by atoms with Crippen LogP contribution in [0.4, 0.5) is 0 Å². The molecule has 1 aliphatic rings. The van der Waals surface area contributed by atoms with Gasteiger partial charge in [0.2, 0.25) is 0 Å². The van der Waals surface area contributed by atoms with E-state index in [4.69, 9.17) is 4.74 Å². The number of hydrogen-bond acceptors (Lipinski definition) is 4. The average Bonchev–Trinajstić information content (AvgIpc) is 2.75. The Labute approximate surface area is 97.7 Å². The number of carbonyl (C=O) groups excluding carboxylic acids is 1. The number of ether oxygens (including phenoxy) is 2. The molecule has 94 valence electrons. The predicted molar refractivity (Wildman–Crippen MR) is 62.2 cm³/mol. The summed E-state index contributed by atoms with van der Waals surface area (Å²) < 4.78 is 10.3. The van der Waals surface area contributed by atoms with Crippen LogP contribution in [0.2, 0.25) is 0 Å². The van der Waals surface area contributed by atoms with E-state index in [1.807, 2.05) is 6.92 Å². The van der Waals surface area contributed by atoms with Crippen molar-refractivity contribution in [1.82, 2.24) is 5.32 Å². The number of esters is 1. The molecule has 16 heavy (non-hydrogen) atoms. The normalized spacial score (nSPS) is 26.7. The summed E-state index contributed by atoms with van der Waals surface area (Å²) in [4.78, 5) is 11.2. The van der Waals surface area contributed by atoms with Crippen molar-refractivity contribution < 1.29 is 14.3 Å². The van der Waals surface area contributed by atoms with Crippen LogP contribution in [0.25, 0.3) is 0 Å². The number of carbonyl (C=O) groups is 1. The highest BCUT2D eigenvalue weighted by atomic mass is 16.5. The van der Waals surface area contributed by atoms with Crippen LogP contribution in [0.5, 0.6) is 0 Å². The molecule has 0 amide bonds. The van der Waals surface area contributed by atoms with Crippen molar-refractivity contribution in [2.75, 3.05) is 26.8 Å². The van der Waals surface area contributed by atoms with Gasteiger partial charge >= 0.3 is 5.97 Å². The second-order valence-electron chi connectivity index (χ2n) is 4.45. The summed E-state index contributed by atoms with van der Waals surface area (Å²) in [7, 11) is 1.43. The quantitative estimate of drug-likeness (QED) is 0.695. The van der Waals surface area contributed by atoms with Crippen molar-refractivity contribution in [3.63, 3.8) is 0 Å². The number of nitrogens with one attached hydrogen (secondary N) is 1. The third-order valence-electron chi connectivity index (χ3n) is 3.21. The molecule has 1 aliphatic heterocycles. The molecule has 1 N–H and O–H groups in total. The van der Waals surface area contributed by atoms with Crippen molar-refractivity contribution in [3.8, 4) is 0 Å². The molecule has 0 aliphatic carbocycles. The van der Waals surface area contributed by atoms with E-state index in [2.05, 4.69) is 17.0 Å². The fourth-order valence-corrected chi connectivity index (χ4v) is 2.15. The van der Waals surface area contributed by atoms with Crippen LogP contribution in [0.3, 0.4) is 0 Å². The Bertz CT molecular complexity index is 220. The third kappa shape index (κ3) is 3.76. The van der Waals surface area contributed by atoms with E-state index in [0.717, 1.165) is 26.0 Å². The zero-order chi connectivity index (χ0) is 12.0. The second kappa shape index (κ2) is 6.86. The van der Waals surface area contributed by atoms with E-state index in [1.165, 1.54) is 7.11 Å². The van der Waals surface area contributed by atoms with Crippen LogP contribution < -0.4 is 5.32 Å². The molecule has 4 heteroatoms. The molecule has 0 aromatic heterocycles. The first-order valence-corrected chi connectivity index (χ1v) is 6.09. The van der Waals surface area contributed by atoms with Crippen LogP contribution in [0.1, 0.15) is 26.7 Å². The molecular weight excluding hydrogens is 206 g/mol. The van der Waals surface area contributed by atoms with Crippen molar-refractivity contribution in [1.29, 1.82) is 0 Å². The van der Waals surface area contributed by atoms with E-state index in [1.54, 1.807) is 0 Å². The molecule has 1 saturated heterocycles. The third-order valence-corrected chi connectivity index (χ3v) is 3.21. The highest BCUT2D eigenvalue weighted by Gasteiger charge is 2.26. The first-order valence-electron chi connectivity index (χ1n) is 6.09. The van der Waals surface area contributed by atoms with Gasteiger partial charge in [-0.05, 0) is 18.8 Å². The molecule has 3 unspecified atom stereocenters. The lowest BCUT2D eigenvalue weighted by atomic mass is 9.99. The minimum Gasteiger partial charge on any atom is -0.469 e. The maximum absolute atomic E-state index is 11.2. The van der Waals surface area contributed by atoms with Gasteiger partial charge < -0.3 is 14.8 Å². The molecule has 1 fully saturated rings. The molecule has 0 radical (unpaired) electrons. The molecule has 1 heterocycles. The van der Waals surface area contributed by atoms with Crippen LogP contribution in [0.15, 0.2) is 0 Å². The van der Waals surface area contributed by atoms with Gasteiger partial charge in [0.1, 0.15) is 0 Å². The molecule has 0 bridgehead atoms. The van der Waals surface area contributed by atoms with Gasteiger partial charge in [0.15, 0.2) is 0 Å². The summed E-state index contributed by atoms with van der Waals surface area (Å²) >= 11 is 0. The zero-order valence-electron chi connectivity index (χ0n) is 10.5. The van der Waals surface area contributed by atoms with E-state index >= 15 is 0 Å². The zero-order valence-corrected chi connectivity index (χ0v) is 10.5. The monoisotopic (exact) mass is 229 g/mol. The minimum atomic E-state index is -0.151. The van der Waals surface area contributed by atoms with Crippen molar-refractivity contribution in [2.24, 2.45) is 11.8 Å². The molecule has 4 nitrogen and oxygen atoms in total. The Morgan fingerprint density at radius 2 is 2.38 bits per heavy atom. The predicted octanol–water partition coefficient (Wildman–Crippen LogP) is 1.20. The maximum Gasteiger partial charge on any atom is 0.309 e. The lowest BCUT2D eigenvalue weighted by molar-refractivity contribution is -0.144. The van der Waals surface area contributed by atoms with Gasteiger partial charge in [-0.1, -0.05) is 13.8 Å². The van der Waals surface area contributed by atoms with Crippen LogP contribution in [-0.4, -0.2) is 38.9 Å². The number of methoxy groups -OCH3 is 1. The topological polar surface area (TPSA) is 47.6 Å². The molecule has 0 aromatic rings. The van der Waals surface area contributed by atoms with Gasteiger partial charge in [0.25, 0.3) is 0 Å². The Hall–Kier alpha value is -0.610. The van der Waals surface area contributed by atoms with Crippen molar-refractivity contribution in [2.45, 2.75) is 32.8 Å². The van der Waals surface area contributed by atoms with Crippen molar-refractivity contribution >= 4 is 5.97 Å². The highest BCUT2D eigenvalue weighted by molar-refractivity contribution is 5.71. The van der Waals surface area contributed by atoms with Gasteiger partial charge in [0.05, 0.1) is 19.1 Å². The molecule has 0 saturated carbocycles. The van der Waals surface area contributed by atoms with Gasteiger partial charge in [-0.25, -0.2) is 0 Å². The van der Waals surface area contributed by atoms with Gasteiger partial charge in [-0.2, -0.15) is 0 Å². The van der Waals surface area contributed by atoms with Crippen LogP contribution in [-0.2, 0) is 14.3 Å². The van der Waals surface area contributed by atoms with Gasteiger partial charge in [0, 0.05) is 19.7 Å².